The molecular weight excluding hydrogens is 374 g/mol. The van der Waals surface area contributed by atoms with Gasteiger partial charge in [-0.1, -0.05) is 0 Å². The quantitative estimate of drug-likeness (QED) is 0.686. The van der Waals surface area contributed by atoms with Gasteiger partial charge in [0, 0.05) is 26.2 Å². The molecule has 4 aliphatic carbocycles. The zero-order valence-corrected chi connectivity index (χ0v) is 18.1. The van der Waals surface area contributed by atoms with Crippen molar-refractivity contribution in [3.05, 3.63) is 0 Å². The molecular formula is C21H34N3O3S+. The average Bonchev–Trinajstić information content (AvgIpc) is 2.64. The Kier molecular flexibility index (Phi) is 5.64. The van der Waals surface area contributed by atoms with E-state index in [-0.39, 0.29) is 34.7 Å². The van der Waals surface area contributed by atoms with Gasteiger partial charge >= 0.3 is 0 Å². The van der Waals surface area contributed by atoms with Crippen molar-refractivity contribution in [3.63, 3.8) is 0 Å². The van der Waals surface area contributed by atoms with Gasteiger partial charge in [0.05, 0.1) is 24.5 Å². The van der Waals surface area contributed by atoms with Crippen LogP contribution in [0.25, 0.3) is 0 Å². The van der Waals surface area contributed by atoms with Gasteiger partial charge in [-0.2, -0.15) is 0 Å². The van der Waals surface area contributed by atoms with Crippen LogP contribution in [-0.4, -0.2) is 78.5 Å². The first-order valence-corrected chi connectivity index (χ1v) is 12.9. The fourth-order valence-corrected chi connectivity index (χ4v) is 7.09. The molecule has 5 aliphatic rings. The Hall–Kier alpha value is -1.24. The molecule has 3 amide bonds. The maximum absolute atomic E-state index is 13.4. The van der Waals surface area contributed by atoms with Crippen LogP contribution in [0.3, 0.4) is 0 Å². The number of hydrogen-bond donors (Lipinski definition) is 1. The number of nitrogens with one attached hydrogen (secondary N) is 1. The number of hydrogen-bond acceptors (Lipinski definition) is 3. The topological polar surface area (TPSA) is 69.7 Å². The second-order valence-corrected chi connectivity index (χ2v) is 12.0. The number of piperazine rings is 1. The summed E-state index contributed by atoms with van der Waals surface area (Å²) < 4.78 is 0. The van der Waals surface area contributed by atoms with Crippen LogP contribution in [0.4, 0.5) is 0 Å². The molecule has 0 aromatic heterocycles. The fraction of sp³-hybridized carbons (Fsp3) is 0.857. The summed E-state index contributed by atoms with van der Waals surface area (Å²) in [5.74, 6) is 3.06. The van der Waals surface area contributed by atoms with Crippen LogP contribution < -0.4 is 5.32 Å². The molecule has 0 unspecified atom stereocenters. The van der Waals surface area contributed by atoms with E-state index in [2.05, 4.69) is 5.32 Å². The highest BCUT2D eigenvalue weighted by atomic mass is 32.2. The predicted octanol–water partition coefficient (Wildman–Crippen LogP) is 0.868. The van der Waals surface area contributed by atoms with E-state index in [1.54, 1.807) is 4.90 Å². The van der Waals surface area contributed by atoms with Crippen molar-refractivity contribution < 1.29 is 14.4 Å². The Bertz CT molecular complexity index is 608. The van der Waals surface area contributed by atoms with E-state index in [1.165, 1.54) is 19.3 Å². The first kappa shape index (κ1) is 20.0. The summed E-state index contributed by atoms with van der Waals surface area (Å²) in [7, 11) is 0.0386. The minimum atomic E-state index is -0.0907. The first-order chi connectivity index (χ1) is 13.3. The van der Waals surface area contributed by atoms with Gasteiger partial charge in [-0.25, -0.2) is 0 Å². The van der Waals surface area contributed by atoms with Crippen molar-refractivity contribution in [1.29, 1.82) is 0 Å². The lowest BCUT2D eigenvalue weighted by Crippen LogP contribution is -2.59. The minimum absolute atomic E-state index is 0.0386. The van der Waals surface area contributed by atoms with E-state index in [9.17, 15) is 14.4 Å². The SMILES string of the molecule is C[S+](C)CC(=O)NCC(=O)N1CCN(C(=O)C23CC4CC(CC(C4)C2)C3)CC1. The standard InChI is InChI=1S/C21H33N3O3S/c1-28(2)14-18(25)22-13-19(26)23-3-5-24(6-4-23)20(27)21-10-15-7-16(11-21)9-17(8-15)12-21/h15-17H,3-14H2,1-2H3/p+1. The van der Waals surface area contributed by atoms with Crippen molar-refractivity contribution in [2.45, 2.75) is 38.5 Å². The van der Waals surface area contributed by atoms with Crippen LogP contribution in [0.2, 0.25) is 0 Å². The highest BCUT2D eigenvalue weighted by Gasteiger charge is 2.55. The first-order valence-electron chi connectivity index (χ1n) is 10.7. The van der Waals surface area contributed by atoms with Crippen molar-refractivity contribution in [1.82, 2.24) is 15.1 Å². The highest BCUT2D eigenvalue weighted by molar-refractivity contribution is 7.96. The number of nitrogens with zero attached hydrogens (tertiary/aromatic N) is 2. The minimum Gasteiger partial charge on any atom is -0.343 e. The molecule has 28 heavy (non-hydrogen) atoms. The number of amides is 3. The molecule has 7 heteroatoms. The third kappa shape index (κ3) is 4.05. The van der Waals surface area contributed by atoms with E-state index >= 15 is 0 Å². The predicted molar refractivity (Wildman–Crippen MR) is 111 cm³/mol. The zero-order valence-electron chi connectivity index (χ0n) is 17.2. The van der Waals surface area contributed by atoms with Crippen molar-refractivity contribution in [3.8, 4) is 0 Å². The molecule has 5 rings (SSSR count). The third-order valence-corrected chi connectivity index (χ3v) is 8.11. The maximum Gasteiger partial charge on any atom is 0.270 e. The Balaban J connectivity index is 1.27. The molecule has 5 fully saturated rings. The summed E-state index contributed by atoms with van der Waals surface area (Å²) >= 11 is 0. The smallest absolute Gasteiger partial charge is 0.270 e. The Morgan fingerprint density at radius 2 is 1.39 bits per heavy atom. The van der Waals surface area contributed by atoms with Crippen molar-refractivity contribution >= 4 is 28.6 Å². The molecule has 1 N–H and O–H groups in total. The van der Waals surface area contributed by atoms with Crippen LogP contribution in [0.15, 0.2) is 0 Å². The largest absolute Gasteiger partial charge is 0.343 e. The van der Waals surface area contributed by atoms with Crippen LogP contribution in [0, 0.1) is 23.2 Å². The summed E-state index contributed by atoms with van der Waals surface area (Å²) in [5, 5.41) is 2.73. The van der Waals surface area contributed by atoms with E-state index in [1.807, 2.05) is 17.4 Å². The summed E-state index contributed by atoms with van der Waals surface area (Å²) in [6.45, 7) is 2.50. The second-order valence-electron chi connectivity index (χ2n) is 9.78. The summed E-state index contributed by atoms with van der Waals surface area (Å²) in [5.41, 5.74) is -0.0907. The van der Waals surface area contributed by atoms with Gasteiger partial charge in [-0.3, -0.25) is 14.4 Å². The molecule has 1 aliphatic heterocycles. The molecule has 1 saturated heterocycles. The summed E-state index contributed by atoms with van der Waals surface area (Å²) in [6, 6.07) is 0. The molecule has 4 saturated carbocycles. The van der Waals surface area contributed by atoms with Gasteiger partial charge in [0.15, 0.2) is 5.75 Å². The lowest BCUT2D eigenvalue weighted by Gasteiger charge is -2.57. The average molecular weight is 409 g/mol. The van der Waals surface area contributed by atoms with Crippen LogP contribution >= 0.6 is 0 Å². The second kappa shape index (κ2) is 7.88. The van der Waals surface area contributed by atoms with E-state index in [0.717, 1.165) is 37.0 Å². The molecule has 1 heterocycles. The Labute approximate surface area is 171 Å². The highest BCUT2D eigenvalue weighted by Crippen LogP contribution is 2.60. The Morgan fingerprint density at radius 3 is 1.89 bits per heavy atom. The number of carbonyl (C=O) groups is 3. The molecule has 0 aromatic rings. The van der Waals surface area contributed by atoms with Gasteiger partial charge in [0.2, 0.25) is 11.8 Å². The monoisotopic (exact) mass is 408 g/mol. The molecule has 6 nitrogen and oxygen atoms in total. The summed E-state index contributed by atoms with van der Waals surface area (Å²) in [4.78, 5) is 41.4. The van der Waals surface area contributed by atoms with Crippen LogP contribution in [-0.2, 0) is 25.3 Å². The van der Waals surface area contributed by atoms with Gasteiger partial charge in [-0.05, 0) is 67.2 Å². The molecule has 0 atom stereocenters. The van der Waals surface area contributed by atoms with Crippen molar-refractivity contribution in [2.24, 2.45) is 23.2 Å². The van der Waals surface area contributed by atoms with Gasteiger partial charge in [0.25, 0.3) is 5.91 Å². The molecule has 156 valence electrons. The van der Waals surface area contributed by atoms with Crippen LogP contribution in [0.5, 0.6) is 0 Å². The van der Waals surface area contributed by atoms with E-state index in [4.69, 9.17) is 0 Å². The summed E-state index contributed by atoms with van der Waals surface area (Å²) in [6.07, 6.45) is 11.4. The van der Waals surface area contributed by atoms with E-state index < -0.39 is 0 Å². The number of carbonyl (C=O) groups excluding carboxylic acids is 3. The lowest BCUT2D eigenvalue weighted by atomic mass is 9.49. The molecule has 4 bridgehead atoms. The van der Waals surface area contributed by atoms with Crippen molar-refractivity contribution in [2.75, 3.05) is 51.0 Å². The molecule has 0 spiro atoms. The fourth-order valence-electron chi connectivity index (χ4n) is 6.47. The van der Waals surface area contributed by atoms with Crippen LogP contribution in [0.1, 0.15) is 38.5 Å². The molecule has 0 aromatic carbocycles. The Morgan fingerprint density at radius 1 is 0.893 bits per heavy atom. The zero-order chi connectivity index (χ0) is 19.9. The van der Waals surface area contributed by atoms with E-state index in [0.29, 0.717) is 37.8 Å². The molecule has 0 radical (unpaired) electrons. The van der Waals surface area contributed by atoms with Gasteiger partial charge < -0.3 is 15.1 Å². The third-order valence-electron chi connectivity index (χ3n) is 7.27. The van der Waals surface area contributed by atoms with Gasteiger partial charge in [0.1, 0.15) is 0 Å². The maximum atomic E-state index is 13.4. The number of rotatable bonds is 5. The van der Waals surface area contributed by atoms with Gasteiger partial charge in [-0.15, -0.1) is 0 Å². The normalized spacial score (nSPS) is 34.0. The lowest BCUT2D eigenvalue weighted by molar-refractivity contribution is -0.160.